The van der Waals surface area contributed by atoms with Crippen LogP contribution in [0.5, 0.6) is 5.75 Å². The Morgan fingerprint density at radius 1 is 1.10 bits per heavy atom. The second kappa shape index (κ2) is 5.25. The summed E-state index contributed by atoms with van der Waals surface area (Å²) in [5, 5.41) is 14.3. The zero-order valence-corrected chi connectivity index (χ0v) is 11.5. The molecule has 3 rings (SSSR count). The fraction of sp³-hybridized carbons (Fsp3) is 0.0588. The molecule has 1 amide bonds. The van der Waals surface area contributed by atoms with Crippen LogP contribution in [0, 0.1) is 6.92 Å². The number of aryl methyl sites for hydroxylation is 1. The molecule has 0 aliphatic heterocycles. The van der Waals surface area contributed by atoms with Gasteiger partial charge in [0.1, 0.15) is 5.75 Å². The Labute approximate surface area is 122 Å². The van der Waals surface area contributed by atoms with Crippen LogP contribution in [0.1, 0.15) is 16.1 Å². The van der Waals surface area contributed by atoms with E-state index in [1.807, 2.05) is 25.1 Å². The molecule has 104 valence electrons. The maximum atomic E-state index is 12.3. The number of benzene rings is 2. The number of aromatic hydroxyl groups is 1. The molecule has 4 nitrogen and oxygen atoms in total. The van der Waals surface area contributed by atoms with Crippen LogP contribution in [-0.4, -0.2) is 16.0 Å². The number of nitrogens with one attached hydrogen (secondary N) is 1. The number of rotatable bonds is 2. The second-order valence-corrected chi connectivity index (χ2v) is 4.82. The second-order valence-electron chi connectivity index (χ2n) is 4.82. The van der Waals surface area contributed by atoms with E-state index in [-0.39, 0.29) is 11.7 Å². The molecule has 0 aliphatic carbocycles. The number of amides is 1. The lowest BCUT2D eigenvalue weighted by Gasteiger charge is -2.09. The van der Waals surface area contributed by atoms with Gasteiger partial charge in [0.05, 0.1) is 0 Å². The van der Waals surface area contributed by atoms with Crippen LogP contribution in [0.2, 0.25) is 0 Å². The third-order valence-electron chi connectivity index (χ3n) is 3.31. The van der Waals surface area contributed by atoms with Gasteiger partial charge in [0.25, 0.3) is 5.91 Å². The Kier molecular flexibility index (Phi) is 3.28. The minimum absolute atomic E-state index is 0.198. The number of aromatic nitrogens is 1. The zero-order chi connectivity index (χ0) is 14.8. The normalized spacial score (nSPS) is 10.5. The summed E-state index contributed by atoms with van der Waals surface area (Å²) in [5.74, 6) is -0.000280. The predicted molar refractivity (Wildman–Crippen MR) is 82.5 cm³/mol. The molecule has 1 heterocycles. The highest BCUT2D eigenvalue weighted by Crippen LogP contribution is 2.29. The van der Waals surface area contributed by atoms with Crippen molar-refractivity contribution >= 4 is 22.4 Å². The summed E-state index contributed by atoms with van der Waals surface area (Å²) >= 11 is 0. The minimum Gasteiger partial charge on any atom is -0.507 e. The predicted octanol–water partition coefficient (Wildman–Crippen LogP) is 3.50. The van der Waals surface area contributed by atoms with Gasteiger partial charge in [0, 0.05) is 33.9 Å². The lowest BCUT2D eigenvalue weighted by atomic mass is 10.1. The molecular weight excluding hydrogens is 264 g/mol. The fourth-order valence-corrected chi connectivity index (χ4v) is 2.28. The number of carbonyl (C=O) groups is 1. The van der Waals surface area contributed by atoms with Gasteiger partial charge in [-0.1, -0.05) is 24.3 Å². The first kappa shape index (κ1) is 13.1. The molecule has 0 fully saturated rings. The van der Waals surface area contributed by atoms with Crippen LogP contribution in [0.25, 0.3) is 10.8 Å². The summed E-state index contributed by atoms with van der Waals surface area (Å²) in [6.45, 7) is 1.84. The van der Waals surface area contributed by atoms with Gasteiger partial charge in [-0.05, 0) is 31.2 Å². The Morgan fingerprint density at radius 3 is 2.67 bits per heavy atom. The van der Waals surface area contributed by atoms with Gasteiger partial charge in [0.2, 0.25) is 0 Å². The number of hydrogen-bond acceptors (Lipinski definition) is 3. The van der Waals surface area contributed by atoms with Crippen molar-refractivity contribution in [3.8, 4) is 5.75 Å². The Balaban J connectivity index is 1.99. The number of hydrogen-bond donors (Lipinski definition) is 2. The van der Waals surface area contributed by atoms with E-state index in [2.05, 4.69) is 10.3 Å². The van der Waals surface area contributed by atoms with Crippen molar-refractivity contribution in [2.75, 3.05) is 5.32 Å². The van der Waals surface area contributed by atoms with Gasteiger partial charge < -0.3 is 10.4 Å². The number of phenolic OH excluding ortho intramolecular Hbond substituents is 1. The summed E-state index contributed by atoms with van der Waals surface area (Å²) in [4.78, 5) is 16.4. The SMILES string of the molecule is Cc1cc(C(=O)Nc2cccc3c(O)cccc23)ccn1. The molecular formula is C17H14N2O2. The lowest BCUT2D eigenvalue weighted by molar-refractivity contribution is 0.102. The van der Waals surface area contributed by atoms with Gasteiger partial charge in [0.15, 0.2) is 0 Å². The summed E-state index contributed by atoms with van der Waals surface area (Å²) in [6.07, 6.45) is 1.61. The van der Waals surface area contributed by atoms with Gasteiger partial charge in [-0.3, -0.25) is 9.78 Å². The van der Waals surface area contributed by atoms with E-state index in [1.165, 1.54) is 0 Å². The summed E-state index contributed by atoms with van der Waals surface area (Å²) in [5.41, 5.74) is 2.01. The molecule has 2 aromatic carbocycles. The van der Waals surface area contributed by atoms with Gasteiger partial charge in [-0.25, -0.2) is 0 Å². The van der Waals surface area contributed by atoms with Crippen molar-refractivity contribution in [2.24, 2.45) is 0 Å². The summed E-state index contributed by atoms with van der Waals surface area (Å²) in [7, 11) is 0. The molecule has 3 aromatic rings. The molecule has 0 atom stereocenters. The van der Waals surface area contributed by atoms with Gasteiger partial charge >= 0.3 is 0 Å². The molecule has 0 unspecified atom stereocenters. The first-order valence-electron chi connectivity index (χ1n) is 6.60. The number of fused-ring (bicyclic) bond motifs is 1. The van der Waals surface area contributed by atoms with Gasteiger partial charge in [-0.15, -0.1) is 0 Å². The van der Waals surface area contributed by atoms with Crippen molar-refractivity contribution in [1.82, 2.24) is 4.98 Å². The number of anilines is 1. The van der Waals surface area contributed by atoms with Crippen LogP contribution in [0.4, 0.5) is 5.69 Å². The molecule has 0 spiro atoms. The highest BCUT2D eigenvalue weighted by atomic mass is 16.3. The molecule has 0 bridgehead atoms. The molecule has 1 aromatic heterocycles. The third-order valence-corrected chi connectivity index (χ3v) is 3.31. The van der Waals surface area contributed by atoms with E-state index in [4.69, 9.17) is 0 Å². The largest absolute Gasteiger partial charge is 0.507 e. The summed E-state index contributed by atoms with van der Waals surface area (Å²) < 4.78 is 0. The minimum atomic E-state index is -0.198. The van der Waals surface area contributed by atoms with Crippen molar-refractivity contribution in [1.29, 1.82) is 0 Å². The molecule has 21 heavy (non-hydrogen) atoms. The standard InChI is InChI=1S/C17H14N2O2/c1-11-10-12(8-9-18-11)17(21)19-15-6-2-5-14-13(15)4-3-7-16(14)20/h2-10,20H,1H3,(H,19,21). The molecule has 2 N–H and O–H groups in total. The van der Waals surface area contributed by atoms with Crippen LogP contribution in [0.15, 0.2) is 54.7 Å². The first-order valence-corrected chi connectivity index (χ1v) is 6.60. The highest BCUT2D eigenvalue weighted by molar-refractivity contribution is 6.09. The Bertz CT molecular complexity index is 828. The third kappa shape index (κ3) is 2.56. The molecule has 0 saturated heterocycles. The van der Waals surface area contributed by atoms with E-state index in [1.54, 1.807) is 36.5 Å². The number of phenols is 1. The van der Waals surface area contributed by atoms with Gasteiger partial charge in [-0.2, -0.15) is 0 Å². The monoisotopic (exact) mass is 278 g/mol. The average Bonchev–Trinajstić information content (AvgIpc) is 2.48. The van der Waals surface area contributed by atoms with Crippen molar-refractivity contribution < 1.29 is 9.90 Å². The maximum absolute atomic E-state index is 12.3. The number of pyridine rings is 1. The van der Waals surface area contributed by atoms with E-state index < -0.39 is 0 Å². The van der Waals surface area contributed by atoms with E-state index >= 15 is 0 Å². The van der Waals surface area contributed by atoms with Crippen LogP contribution in [0.3, 0.4) is 0 Å². The topological polar surface area (TPSA) is 62.2 Å². The Morgan fingerprint density at radius 2 is 1.86 bits per heavy atom. The molecule has 0 radical (unpaired) electrons. The average molecular weight is 278 g/mol. The zero-order valence-electron chi connectivity index (χ0n) is 11.5. The van der Waals surface area contributed by atoms with Crippen LogP contribution >= 0.6 is 0 Å². The molecule has 0 saturated carbocycles. The summed E-state index contributed by atoms with van der Waals surface area (Å²) in [6, 6.07) is 14.1. The highest BCUT2D eigenvalue weighted by Gasteiger charge is 2.09. The smallest absolute Gasteiger partial charge is 0.255 e. The van der Waals surface area contributed by atoms with Crippen LogP contribution in [-0.2, 0) is 0 Å². The fourth-order valence-electron chi connectivity index (χ4n) is 2.28. The molecule has 4 heteroatoms. The lowest BCUT2D eigenvalue weighted by Crippen LogP contribution is -2.12. The Hall–Kier alpha value is -2.88. The van der Waals surface area contributed by atoms with Crippen molar-refractivity contribution in [2.45, 2.75) is 6.92 Å². The van der Waals surface area contributed by atoms with Crippen LogP contribution < -0.4 is 5.32 Å². The maximum Gasteiger partial charge on any atom is 0.255 e. The quantitative estimate of drug-likeness (QED) is 0.754. The van der Waals surface area contributed by atoms with E-state index in [0.29, 0.717) is 16.6 Å². The first-order chi connectivity index (χ1) is 10.1. The van der Waals surface area contributed by atoms with Crippen molar-refractivity contribution in [3.05, 3.63) is 66.0 Å². The number of carbonyl (C=O) groups excluding carboxylic acids is 1. The van der Waals surface area contributed by atoms with E-state index in [9.17, 15) is 9.90 Å². The van der Waals surface area contributed by atoms with E-state index in [0.717, 1.165) is 11.1 Å². The number of nitrogens with zero attached hydrogens (tertiary/aromatic N) is 1. The molecule has 0 aliphatic rings. The van der Waals surface area contributed by atoms with Crippen molar-refractivity contribution in [3.63, 3.8) is 0 Å².